The number of rotatable bonds is 6. The van der Waals surface area contributed by atoms with Gasteiger partial charge in [0.25, 0.3) is 0 Å². The van der Waals surface area contributed by atoms with E-state index in [0.29, 0.717) is 11.8 Å². The van der Waals surface area contributed by atoms with Crippen LogP contribution in [-0.2, 0) is 4.74 Å². The zero-order valence-electron chi connectivity index (χ0n) is 14.0. The molecule has 0 saturated carbocycles. The molecule has 0 aromatic heterocycles. The fourth-order valence-corrected chi connectivity index (χ4v) is 3.05. The SMILES string of the molecule is CC(C)CC(c1ccc(OC2CCCCO2)cc1)C(C)C. The third-order valence-electron chi connectivity index (χ3n) is 4.24. The van der Waals surface area contributed by atoms with Gasteiger partial charge in [-0.05, 0) is 54.7 Å². The molecule has 0 N–H and O–H groups in total. The Bertz CT molecular complexity index is 402. The fraction of sp³-hybridized carbons (Fsp3) is 0.684. The molecular formula is C19H30O2. The first-order chi connectivity index (χ1) is 10.1. The van der Waals surface area contributed by atoms with Crippen LogP contribution in [0.4, 0.5) is 0 Å². The molecule has 2 atom stereocenters. The first-order valence-electron chi connectivity index (χ1n) is 8.44. The number of hydrogen-bond acceptors (Lipinski definition) is 2. The summed E-state index contributed by atoms with van der Waals surface area (Å²) in [6.45, 7) is 10.0. The van der Waals surface area contributed by atoms with E-state index in [4.69, 9.17) is 9.47 Å². The van der Waals surface area contributed by atoms with Gasteiger partial charge in [0.2, 0.25) is 0 Å². The molecule has 1 aromatic carbocycles. The van der Waals surface area contributed by atoms with E-state index >= 15 is 0 Å². The highest BCUT2D eigenvalue weighted by molar-refractivity contribution is 5.30. The number of ether oxygens (including phenoxy) is 2. The largest absolute Gasteiger partial charge is 0.465 e. The van der Waals surface area contributed by atoms with Crippen molar-refractivity contribution in [1.82, 2.24) is 0 Å². The molecule has 2 rings (SSSR count). The molecule has 0 spiro atoms. The zero-order chi connectivity index (χ0) is 15.2. The molecule has 1 heterocycles. The summed E-state index contributed by atoms with van der Waals surface area (Å²) < 4.78 is 11.5. The van der Waals surface area contributed by atoms with Gasteiger partial charge in [-0.15, -0.1) is 0 Å². The minimum atomic E-state index is -0.0545. The van der Waals surface area contributed by atoms with E-state index in [1.807, 2.05) is 0 Å². The van der Waals surface area contributed by atoms with Crippen molar-refractivity contribution in [2.45, 2.75) is 65.6 Å². The van der Waals surface area contributed by atoms with Crippen molar-refractivity contribution in [3.05, 3.63) is 29.8 Å². The van der Waals surface area contributed by atoms with E-state index in [2.05, 4.69) is 52.0 Å². The van der Waals surface area contributed by atoms with Crippen LogP contribution in [0.2, 0.25) is 0 Å². The zero-order valence-corrected chi connectivity index (χ0v) is 14.0. The van der Waals surface area contributed by atoms with E-state index in [1.165, 1.54) is 18.4 Å². The highest BCUT2D eigenvalue weighted by atomic mass is 16.7. The first-order valence-corrected chi connectivity index (χ1v) is 8.44. The van der Waals surface area contributed by atoms with Crippen LogP contribution in [0.5, 0.6) is 5.75 Å². The number of benzene rings is 1. The number of hydrogen-bond donors (Lipinski definition) is 0. The minimum Gasteiger partial charge on any atom is -0.465 e. The molecule has 1 aliphatic rings. The average Bonchev–Trinajstić information content (AvgIpc) is 2.46. The molecule has 118 valence electrons. The summed E-state index contributed by atoms with van der Waals surface area (Å²) in [6.07, 6.45) is 4.55. The van der Waals surface area contributed by atoms with Gasteiger partial charge in [0, 0.05) is 6.42 Å². The predicted molar refractivity (Wildman–Crippen MR) is 87.7 cm³/mol. The standard InChI is InChI=1S/C19H30O2/c1-14(2)13-18(15(3)4)16-8-10-17(11-9-16)21-19-7-5-6-12-20-19/h8-11,14-15,18-19H,5-7,12-13H2,1-4H3. The Morgan fingerprint density at radius 2 is 1.81 bits per heavy atom. The van der Waals surface area contributed by atoms with Crippen molar-refractivity contribution in [3.8, 4) is 5.75 Å². The molecule has 2 nitrogen and oxygen atoms in total. The lowest BCUT2D eigenvalue weighted by Crippen LogP contribution is -2.24. The highest BCUT2D eigenvalue weighted by Gasteiger charge is 2.18. The Balaban J connectivity index is 1.99. The maximum absolute atomic E-state index is 5.91. The van der Waals surface area contributed by atoms with E-state index in [-0.39, 0.29) is 6.29 Å². The molecule has 1 aliphatic heterocycles. The van der Waals surface area contributed by atoms with Gasteiger partial charge in [-0.1, -0.05) is 39.8 Å². The van der Waals surface area contributed by atoms with Gasteiger partial charge >= 0.3 is 0 Å². The van der Waals surface area contributed by atoms with Crippen molar-refractivity contribution < 1.29 is 9.47 Å². The normalized spacial score (nSPS) is 20.8. The molecule has 2 unspecified atom stereocenters. The van der Waals surface area contributed by atoms with Gasteiger partial charge in [-0.2, -0.15) is 0 Å². The fourth-order valence-electron chi connectivity index (χ4n) is 3.05. The maximum Gasteiger partial charge on any atom is 0.199 e. The van der Waals surface area contributed by atoms with Gasteiger partial charge in [0.15, 0.2) is 6.29 Å². The molecule has 2 heteroatoms. The monoisotopic (exact) mass is 290 g/mol. The van der Waals surface area contributed by atoms with Crippen LogP contribution in [0.15, 0.2) is 24.3 Å². The van der Waals surface area contributed by atoms with E-state index in [1.54, 1.807) is 0 Å². The van der Waals surface area contributed by atoms with Crippen LogP contribution in [0.1, 0.15) is 64.9 Å². The minimum absolute atomic E-state index is 0.0545. The third-order valence-corrected chi connectivity index (χ3v) is 4.24. The average molecular weight is 290 g/mol. The summed E-state index contributed by atoms with van der Waals surface area (Å²) in [5.41, 5.74) is 1.43. The van der Waals surface area contributed by atoms with Crippen molar-refractivity contribution in [3.63, 3.8) is 0 Å². The molecule has 1 fully saturated rings. The smallest absolute Gasteiger partial charge is 0.199 e. The maximum atomic E-state index is 5.91. The van der Waals surface area contributed by atoms with Crippen LogP contribution >= 0.6 is 0 Å². The molecular weight excluding hydrogens is 260 g/mol. The molecule has 1 aromatic rings. The van der Waals surface area contributed by atoms with Crippen LogP contribution in [-0.4, -0.2) is 12.9 Å². The van der Waals surface area contributed by atoms with Crippen molar-refractivity contribution >= 4 is 0 Å². The summed E-state index contributed by atoms with van der Waals surface area (Å²) in [5.74, 6) is 2.95. The molecule has 21 heavy (non-hydrogen) atoms. The molecule has 0 aliphatic carbocycles. The van der Waals surface area contributed by atoms with Gasteiger partial charge in [0.05, 0.1) is 6.61 Å². The van der Waals surface area contributed by atoms with Crippen LogP contribution in [0.3, 0.4) is 0 Å². The van der Waals surface area contributed by atoms with Gasteiger partial charge in [-0.3, -0.25) is 0 Å². The van der Waals surface area contributed by atoms with Gasteiger partial charge in [0.1, 0.15) is 5.75 Å². The lowest BCUT2D eigenvalue weighted by Gasteiger charge is -2.25. The Hall–Kier alpha value is -1.02. The summed E-state index contributed by atoms with van der Waals surface area (Å²) >= 11 is 0. The Morgan fingerprint density at radius 3 is 2.33 bits per heavy atom. The summed E-state index contributed by atoms with van der Waals surface area (Å²) in [4.78, 5) is 0. The van der Waals surface area contributed by atoms with Crippen molar-refractivity contribution in [1.29, 1.82) is 0 Å². The predicted octanol–water partition coefficient (Wildman–Crippen LogP) is 5.38. The van der Waals surface area contributed by atoms with Crippen LogP contribution in [0, 0.1) is 11.8 Å². The van der Waals surface area contributed by atoms with Crippen LogP contribution < -0.4 is 4.74 Å². The van der Waals surface area contributed by atoms with Gasteiger partial charge in [-0.25, -0.2) is 0 Å². The van der Waals surface area contributed by atoms with E-state index in [9.17, 15) is 0 Å². The lowest BCUT2D eigenvalue weighted by molar-refractivity contribution is -0.105. The highest BCUT2D eigenvalue weighted by Crippen LogP contribution is 2.32. The third kappa shape index (κ3) is 5.03. The lowest BCUT2D eigenvalue weighted by atomic mass is 9.82. The second-order valence-corrected chi connectivity index (χ2v) is 6.96. The second-order valence-electron chi connectivity index (χ2n) is 6.96. The Labute approximate surface area is 129 Å². The first kappa shape index (κ1) is 16.4. The Morgan fingerprint density at radius 1 is 1.10 bits per heavy atom. The van der Waals surface area contributed by atoms with E-state index < -0.39 is 0 Å². The molecule has 0 bridgehead atoms. The van der Waals surface area contributed by atoms with Crippen molar-refractivity contribution in [2.75, 3.05) is 6.61 Å². The van der Waals surface area contributed by atoms with Crippen molar-refractivity contribution in [2.24, 2.45) is 11.8 Å². The second kappa shape index (κ2) is 7.84. The van der Waals surface area contributed by atoms with E-state index in [0.717, 1.165) is 31.1 Å². The molecule has 0 radical (unpaired) electrons. The Kier molecular flexibility index (Phi) is 6.10. The summed E-state index contributed by atoms with van der Waals surface area (Å²) in [5, 5.41) is 0. The summed E-state index contributed by atoms with van der Waals surface area (Å²) in [6, 6.07) is 8.66. The van der Waals surface area contributed by atoms with Gasteiger partial charge < -0.3 is 9.47 Å². The van der Waals surface area contributed by atoms with Crippen LogP contribution in [0.25, 0.3) is 0 Å². The molecule has 1 saturated heterocycles. The topological polar surface area (TPSA) is 18.5 Å². The quantitative estimate of drug-likeness (QED) is 0.700. The molecule has 0 amide bonds. The summed E-state index contributed by atoms with van der Waals surface area (Å²) in [7, 11) is 0.